The van der Waals surface area contributed by atoms with Crippen LogP contribution in [0, 0.1) is 0 Å². The van der Waals surface area contributed by atoms with Gasteiger partial charge in [0.2, 0.25) is 0 Å². The van der Waals surface area contributed by atoms with Crippen LogP contribution in [0.15, 0.2) is 205 Å². The summed E-state index contributed by atoms with van der Waals surface area (Å²) in [5.41, 5.74) is 11.9. The second-order valence-corrected chi connectivity index (χ2v) is 15.2. The number of fused-ring (bicyclic) bond motifs is 7. The lowest BCUT2D eigenvalue weighted by molar-refractivity contribution is 0.669. The molecule has 11 rings (SSSR count). The van der Waals surface area contributed by atoms with Gasteiger partial charge in [0.1, 0.15) is 11.2 Å². The van der Waals surface area contributed by atoms with Crippen LogP contribution in [0.5, 0.6) is 0 Å². The lowest BCUT2D eigenvalue weighted by atomic mass is 9.94. The van der Waals surface area contributed by atoms with Crippen LogP contribution in [0.3, 0.4) is 0 Å². The van der Waals surface area contributed by atoms with Gasteiger partial charge in [0.15, 0.2) is 0 Å². The van der Waals surface area contributed by atoms with Crippen LogP contribution >= 0.6 is 11.3 Å². The second-order valence-electron chi connectivity index (χ2n) is 14.1. The molecule has 0 bridgehead atoms. The minimum absolute atomic E-state index is 0.862. The molecule has 55 heavy (non-hydrogen) atoms. The molecule has 2 nitrogen and oxygen atoms in total. The number of rotatable bonds is 6. The molecule has 0 aliphatic heterocycles. The van der Waals surface area contributed by atoms with Crippen molar-refractivity contribution in [3.05, 3.63) is 200 Å². The normalized spacial score (nSPS) is 11.6. The molecule has 0 saturated heterocycles. The maximum absolute atomic E-state index is 6.51. The zero-order valence-corrected chi connectivity index (χ0v) is 30.6. The van der Waals surface area contributed by atoms with Gasteiger partial charge in [0, 0.05) is 53.9 Å². The number of hydrogen-bond acceptors (Lipinski definition) is 3. The van der Waals surface area contributed by atoms with Gasteiger partial charge in [-0.3, -0.25) is 0 Å². The van der Waals surface area contributed by atoms with Gasteiger partial charge in [0.05, 0.1) is 5.69 Å². The number of furan rings is 1. The molecule has 0 spiro atoms. The Morgan fingerprint density at radius 2 is 1.02 bits per heavy atom. The Bertz CT molecular complexity index is 3220. The van der Waals surface area contributed by atoms with Gasteiger partial charge in [-0.25, -0.2) is 0 Å². The highest BCUT2D eigenvalue weighted by atomic mass is 32.1. The minimum atomic E-state index is 0.862. The lowest BCUT2D eigenvalue weighted by Gasteiger charge is -2.29. The standard InChI is InChI=1S/C52H33NOS/c1-2-12-35(13-3-1)43-27-24-38(42-21-11-15-34-14-4-5-18-41(34)42)32-48(43)53(40-26-28-45-44-19-6-8-22-49(44)54-50(45)33-40)39-17-10-16-36(30-39)37-25-29-52-47(31-37)46-20-7-9-23-51(46)55-52/h1-33H. The Morgan fingerprint density at radius 3 is 1.95 bits per heavy atom. The van der Waals surface area contributed by atoms with Crippen molar-refractivity contribution >= 4 is 81.3 Å². The molecule has 0 saturated carbocycles. The average Bonchev–Trinajstić information content (AvgIpc) is 3.82. The van der Waals surface area contributed by atoms with Crippen LogP contribution in [0.2, 0.25) is 0 Å². The van der Waals surface area contributed by atoms with E-state index in [0.29, 0.717) is 0 Å². The minimum Gasteiger partial charge on any atom is -0.456 e. The number of hydrogen-bond donors (Lipinski definition) is 0. The number of benzene rings is 9. The lowest BCUT2D eigenvalue weighted by Crippen LogP contribution is -2.11. The molecule has 9 aromatic carbocycles. The van der Waals surface area contributed by atoms with Gasteiger partial charge in [-0.05, 0) is 93.2 Å². The molecule has 3 heteroatoms. The van der Waals surface area contributed by atoms with E-state index in [1.54, 1.807) is 0 Å². The van der Waals surface area contributed by atoms with E-state index in [9.17, 15) is 0 Å². The molecule has 0 radical (unpaired) electrons. The first-order valence-electron chi connectivity index (χ1n) is 18.7. The van der Waals surface area contributed by atoms with Crippen LogP contribution in [0.25, 0.3) is 86.3 Å². The van der Waals surface area contributed by atoms with Crippen molar-refractivity contribution in [2.24, 2.45) is 0 Å². The van der Waals surface area contributed by atoms with E-state index < -0.39 is 0 Å². The van der Waals surface area contributed by atoms with Gasteiger partial charge in [-0.1, -0.05) is 140 Å². The summed E-state index contributed by atoms with van der Waals surface area (Å²) in [6.45, 7) is 0. The highest BCUT2D eigenvalue weighted by Crippen LogP contribution is 2.46. The highest BCUT2D eigenvalue weighted by molar-refractivity contribution is 7.25. The average molecular weight is 720 g/mol. The summed E-state index contributed by atoms with van der Waals surface area (Å²) in [4.78, 5) is 2.41. The Kier molecular flexibility index (Phi) is 7.39. The third-order valence-electron chi connectivity index (χ3n) is 10.9. The maximum atomic E-state index is 6.51. The quantitative estimate of drug-likeness (QED) is 0.170. The Labute approximate surface area is 322 Å². The molecular weight excluding hydrogens is 687 g/mol. The Balaban J connectivity index is 1.16. The molecule has 0 fully saturated rings. The maximum Gasteiger partial charge on any atom is 0.137 e. The number of anilines is 3. The third-order valence-corrected chi connectivity index (χ3v) is 12.0. The molecule has 2 aromatic heterocycles. The Hall–Kier alpha value is -6.94. The monoisotopic (exact) mass is 719 g/mol. The SMILES string of the molecule is c1ccc(-c2ccc(-c3cccc4ccccc34)cc2N(c2cccc(-c3ccc4sc5ccccc5c4c3)c2)c2ccc3c(c2)oc2ccccc23)cc1. The van der Waals surface area contributed by atoms with Gasteiger partial charge >= 0.3 is 0 Å². The first-order chi connectivity index (χ1) is 27.2. The smallest absolute Gasteiger partial charge is 0.137 e. The molecular formula is C52H33NOS. The van der Waals surface area contributed by atoms with E-state index in [0.717, 1.165) is 61.3 Å². The number of thiophene rings is 1. The van der Waals surface area contributed by atoms with Crippen molar-refractivity contribution < 1.29 is 4.42 Å². The van der Waals surface area contributed by atoms with Crippen LogP contribution < -0.4 is 4.90 Å². The van der Waals surface area contributed by atoms with Crippen LogP contribution in [-0.4, -0.2) is 0 Å². The van der Waals surface area contributed by atoms with Gasteiger partial charge in [-0.2, -0.15) is 0 Å². The van der Waals surface area contributed by atoms with Gasteiger partial charge in [0.25, 0.3) is 0 Å². The summed E-state index contributed by atoms with van der Waals surface area (Å²) >= 11 is 1.85. The molecule has 11 aromatic rings. The largest absolute Gasteiger partial charge is 0.456 e. The fourth-order valence-corrected chi connectivity index (χ4v) is 9.32. The summed E-state index contributed by atoms with van der Waals surface area (Å²) in [6.07, 6.45) is 0. The van der Waals surface area contributed by atoms with Crippen LogP contribution in [0.4, 0.5) is 17.1 Å². The van der Waals surface area contributed by atoms with Gasteiger partial charge < -0.3 is 9.32 Å². The van der Waals surface area contributed by atoms with E-state index in [1.807, 2.05) is 23.5 Å². The van der Waals surface area contributed by atoms with E-state index in [4.69, 9.17) is 4.42 Å². The van der Waals surface area contributed by atoms with Crippen molar-refractivity contribution in [3.8, 4) is 33.4 Å². The summed E-state index contributed by atoms with van der Waals surface area (Å²) in [5, 5.41) is 7.29. The van der Waals surface area contributed by atoms with E-state index in [2.05, 4.69) is 193 Å². The fourth-order valence-electron chi connectivity index (χ4n) is 8.23. The van der Waals surface area contributed by atoms with Crippen LogP contribution in [-0.2, 0) is 0 Å². The zero-order valence-electron chi connectivity index (χ0n) is 29.8. The molecule has 258 valence electrons. The van der Waals surface area contributed by atoms with Crippen LogP contribution in [0.1, 0.15) is 0 Å². The molecule has 0 N–H and O–H groups in total. The summed E-state index contributed by atoms with van der Waals surface area (Å²) in [7, 11) is 0. The Morgan fingerprint density at radius 1 is 0.345 bits per heavy atom. The molecule has 0 amide bonds. The van der Waals surface area contributed by atoms with E-state index in [-0.39, 0.29) is 0 Å². The van der Waals surface area contributed by atoms with Crippen molar-refractivity contribution in [2.45, 2.75) is 0 Å². The van der Waals surface area contributed by atoms with Crippen molar-refractivity contribution in [2.75, 3.05) is 4.90 Å². The molecule has 0 unspecified atom stereocenters. The summed E-state index contributed by atoms with van der Waals surface area (Å²) in [5.74, 6) is 0. The fraction of sp³-hybridized carbons (Fsp3) is 0. The van der Waals surface area contributed by atoms with Crippen molar-refractivity contribution in [1.82, 2.24) is 0 Å². The number of nitrogens with zero attached hydrogens (tertiary/aromatic N) is 1. The van der Waals surface area contributed by atoms with Crippen molar-refractivity contribution in [3.63, 3.8) is 0 Å². The predicted octanol–water partition coefficient (Wildman–Crippen LogP) is 15.6. The zero-order chi connectivity index (χ0) is 36.3. The predicted molar refractivity (Wildman–Crippen MR) is 235 cm³/mol. The molecule has 2 heterocycles. The summed E-state index contributed by atoms with van der Waals surface area (Å²) < 4.78 is 9.13. The second kappa shape index (κ2) is 12.9. The number of para-hydroxylation sites is 1. The summed E-state index contributed by atoms with van der Waals surface area (Å²) in [6, 6.07) is 72.4. The van der Waals surface area contributed by atoms with E-state index >= 15 is 0 Å². The first-order valence-corrected chi connectivity index (χ1v) is 19.5. The topological polar surface area (TPSA) is 16.4 Å². The first kappa shape index (κ1) is 31.6. The van der Waals surface area contributed by atoms with Gasteiger partial charge in [-0.15, -0.1) is 11.3 Å². The highest BCUT2D eigenvalue weighted by Gasteiger charge is 2.21. The third kappa shape index (κ3) is 5.40. The molecule has 0 aliphatic carbocycles. The van der Waals surface area contributed by atoms with Crippen molar-refractivity contribution in [1.29, 1.82) is 0 Å². The molecule has 0 atom stereocenters. The van der Waals surface area contributed by atoms with E-state index in [1.165, 1.54) is 42.1 Å². The molecule has 0 aliphatic rings.